The van der Waals surface area contributed by atoms with E-state index in [-0.39, 0.29) is 0 Å². The first-order valence-electron chi connectivity index (χ1n) is 3.45. The summed E-state index contributed by atoms with van der Waals surface area (Å²) in [4.78, 5) is 21.1. The Labute approximate surface area is 79.4 Å². The van der Waals surface area contributed by atoms with E-state index in [1.54, 1.807) is 0 Å². The number of carboxylic acids is 2. The van der Waals surface area contributed by atoms with Crippen LogP contribution in [0.3, 0.4) is 0 Å². The first-order valence-corrected chi connectivity index (χ1v) is 3.45. The molecule has 0 fully saturated rings. The largest absolute Gasteiger partial charge is 0.479 e. The molecule has 2 unspecified atom stereocenters. The van der Waals surface area contributed by atoms with E-state index in [2.05, 4.69) is 13.2 Å². The van der Waals surface area contributed by atoms with E-state index in [0.717, 1.165) is 0 Å². The number of hydrogen-bond donors (Lipinski definition) is 4. The second kappa shape index (κ2) is 3.60. The minimum Gasteiger partial charge on any atom is -0.479 e. The first-order chi connectivity index (χ1) is 6.26. The maximum absolute atomic E-state index is 10.6. The van der Waals surface area contributed by atoms with Gasteiger partial charge in [-0.15, -0.1) is 0 Å². The second-order valence-corrected chi connectivity index (χ2v) is 2.55. The van der Waals surface area contributed by atoms with Crippen LogP contribution >= 0.6 is 0 Å². The third kappa shape index (κ3) is 1.40. The Balaban J connectivity index is 5.60. The van der Waals surface area contributed by atoms with Crippen molar-refractivity contribution < 1.29 is 30.0 Å². The average molecular weight is 202 g/mol. The quantitative estimate of drug-likeness (QED) is 0.424. The zero-order valence-electron chi connectivity index (χ0n) is 7.17. The van der Waals surface area contributed by atoms with Gasteiger partial charge in [-0.2, -0.15) is 0 Å². The Morgan fingerprint density at radius 1 is 0.929 bits per heavy atom. The highest BCUT2D eigenvalue weighted by Crippen LogP contribution is 2.25. The van der Waals surface area contributed by atoms with Crippen LogP contribution in [0.15, 0.2) is 25.3 Å². The molecule has 6 heteroatoms. The predicted octanol–water partition coefficient (Wildman–Crippen LogP) is -1.01. The van der Waals surface area contributed by atoms with E-state index in [1.165, 1.54) is 0 Å². The summed E-state index contributed by atoms with van der Waals surface area (Å²) < 4.78 is 0. The lowest BCUT2D eigenvalue weighted by molar-refractivity contribution is -0.188. The molecule has 0 heterocycles. The summed E-state index contributed by atoms with van der Waals surface area (Å²) in [5.41, 5.74) is -6.03. The van der Waals surface area contributed by atoms with Crippen LogP contribution in [-0.4, -0.2) is 43.6 Å². The summed E-state index contributed by atoms with van der Waals surface area (Å²) in [6.45, 7) is 5.90. The van der Waals surface area contributed by atoms with Crippen molar-refractivity contribution in [3.63, 3.8) is 0 Å². The van der Waals surface area contributed by atoms with Crippen LogP contribution < -0.4 is 0 Å². The maximum Gasteiger partial charge on any atom is 0.343 e. The molecule has 2 atom stereocenters. The summed E-state index contributed by atoms with van der Waals surface area (Å²) >= 11 is 0. The van der Waals surface area contributed by atoms with Crippen molar-refractivity contribution in [3.05, 3.63) is 25.3 Å². The van der Waals surface area contributed by atoms with E-state index in [0.29, 0.717) is 12.2 Å². The molecule has 0 aliphatic carbocycles. The second-order valence-electron chi connectivity index (χ2n) is 2.55. The van der Waals surface area contributed by atoms with Crippen molar-refractivity contribution in [2.45, 2.75) is 11.2 Å². The SMILES string of the molecule is C=CC(O)(C(=O)O)C(O)(C=C)C(=O)O. The van der Waals surface area contributed by atoms with Gasteiger partial charge in [0.1, 0.15) is 0 Å². The van der Waals surface area contributed by atoms with Gasteiger partial charge in [-0.1, -0.05) is 13.2 Å². The molecule has 0 rings (SSSR count). The number of aliphatic hydroxyl groups is 2. The highest BCUT2D eigenvalue weighted by molar-refractivity contribution is 5.94. The third-order valence-electron chi connectivity index (χ3n) is 1.82. The van der Waals surface area contributed by atoms with Crippen molar-refractivity contribution in [1.82, 2.24) is 0 Å². The molecule has 0 aliphatic heterocycles. The van der Waals surface area contributed by atoms with Crippen LogP contribution in [0.1, 0.15) is 0 Å². The van der Waals surface area contributed by atoms with Gasteiger partial charge < -0.3 is 20.4 Å². The van der Waals surface area contributed by atoms with Crippen molar-refractivity contribution in [1.29, 1.82) is 0 Å². The van der Waals surface area contributed by atoms with Crippen LogP contribution in [0.25, 0.3) is 0 Å². The van der Waals surface area contributed by atoms with E-state index in [1.807, 2.05) is 0 Å². The zero-order valence-corrected chi connectivity index (χ0v) is 7.17. The molecule has 6 nitrogen and oxygen atoms in total. The van der Waals surface area contributed by atoms with Gasteiger partial charge in [0.05, 0.1) is 0 Å². The number of carbonyl (C=O) groups is 2. The molecule has 0 radical (unpaired) electrons. The standard InChI is InChI=1S/C8H10O6/c1-3-7(13,5(9)10)8(14,4-2)6(11)12/h3-4,13-14H,1-2H2,(H,9,10)(H,11,12). The Morgan fingerprint density at radius 3 is 1.21 bits per heavy atom. The van der Waals surface area contributed by atoms with Gasteiger partial charge in [-0.25, -0.2) is 9.59 Å². The minimum absolute atomic E-state index is 0.422. The molecule has 0 bridgehead atoms. The number of aliphatic carboxylic acids is 2. The highest BCUT2D eigenvalue weighted by atomic mass is 16.5. The van der Waals surface area contributed by atoms with E-state index >= 15 is 0 Å². The molecule has 0 aromatic carbocycles. The van der Waals surface area contributed by atoms with Gasteiger partial charge in [0.25, 0.3) is 0 Å². The fraction of sp³-hybridized carbons (Fsp3) is 0.250. The number of carboxylic acid groups (broad SMARTS) is 2. The summed E-state index contributed by atoms with van der Waals surface area (Å²) in [5, 5.41) is 35.8. The topological polar surface area (TPSA) is 115 Å². The number of rotatable bonds is 5. The van der Waals surface area contributed by atoms with Crippen LogP contribution in [0.5, 0.6) is 0 Å². The van der Waals surface area contributed by atoms with E-state index in [4.69, 9.17) is 10.2 Å². The highest BCUT2D eigenvalue weighted by Gasteiger charge is 2.57. The average Bonchev–Trinajstić information content (AvgIpc) is 2.14. The van der Waals surface area contributed by atoms with Gasteiger partial charge in [-0.3, -0.25) is 0 Å². The Bertz CT molecular complexity index is 266. The summed E-state index contributed by atoms with van der Waals surface area (Å²) in [6.07, 6.45) is 0.844. The summed E-state index contributed by atoms with van der Waals surface area (Å²) in [6, 6.07) is 0. The van der Waals surface area contributed by atoms with E-state index < -0.39 is 23.1 Å². The normalized spacial score (nSPS) is 18.7. The molecule has 14 heavy (non-hydrogen) atoms. The van der Waals surface area contributed by atoms with Gasteiger partial charge in [0.2, 0.25) is 11.2 Å². The predicted molar refractivity (Wildman–Crippen MR) is 45.6 cm³/mol. The smallest absolute Gasteiger partial charge is 0.343 e. The Morgan fingerprint density at radius 2 is 1.14 bits per heavy atom. The molecule has 0 aromatic rings. The lowest BCUT2D eigenvalue weighted by atomic mass is 9.83. The van der Waals surface area contributed by atoms with Crippen molar-refractivity contribution in [2.24, 2.45) is 0 Å². The van der Waals surface area contributed by atoms with Crippen LogP contribution in [-0.2, 0) is 9.59 Å². The molecular formula is C8H10O6. The van der Waals surface area contributed by atoms with Gasteiger partial charge in [0, 0.05) is 0 Å². The van der Waals surface area contributed by atoms with Crippen LogP contribution in [0.2, 0.25) is 0 Å². The minimum atomic E-state index is -3.01. The molecule has 0 saturated carbocycles. The first kappa shape index (κ1) is 12.3. The Kier molecular flexibility index (Phi) is 3.18. The molecular weight excluding hydrogens is 192 g/mol. The molecule has 4 N–H and O–H groups in total. The lowest BCUT2D eigenvalue weighted by Crippen LogP contribution is -2.61. The maximum atomic E-state index is 10.6. The molecule has 0 amide bonds. The molecule has 78 valence electrons. The van der Waals surface area contributed by atoms with E-state index in [9.17, 15) is 19.8 Å². The molecule has 0 aromatic heterocycles. The van der Waals surface area contributed by atoms with Crippen LogP contribution in [0, 0.1) is 0 Å². The summed E-state index contributed by atoms with van der Waals surface area (Å²) in [5.74, 6) is -3.87. The van der Waals surface area contributed by atoms with Gasteiger partial charge >= 0.3 is 11.9 Å². The van der Waals surface area contributed by atoms with Crippen LogP contribution in [0.4, 0.5) is 0 Å². The molecule has 0 saturated heterocycles. The van der Waals surface area contributed by atoms with Crippen molar-refractivity contribution >= 4 is 11.9 Å². The summed E-state index contributed by atoms with van der Waals surface area (Å²) in [7, 11) is 0. The van der Waals surface area contributed by atoms with Gasteiger partial charge in [0.15, 0.2) is 0 Å². The zero-order chi connectivity index (χ0) is 11.6. The fourth-order valence-corrected chi connectivity index (χ4v) is 0.812. The lowest BCUT2D eigenvalue weighted by Gasteiger charge is -2.31. The fourth-order valence-electron chi connectivity index (χ4n) is 0.812. The molecule has 0 spiro atoms. The monoisotopic (exact) mass is 202 g/mol. The third-order valence-corrected chi connectivity index (χ3v) is 1.82. The molecule has 0 aliphatic rings. The number of hydrogen-bond acceptors (Lipinski definition) is 4. The van der Waals surface area contributed by atoms with Crippen molar-refractivity contribution in [2.75, 3.05) is 0 Å². The Hall–Kier alpha value is -1.66. The van der Waals surface area contributed by atoms with Crippen molar-refractivity contribution in [3.8, 4) is 0 Å². The van der Waals surface area contributed by atoms with Gasteiger partial charge in [-0.05, 0) is 12.2 Å².